The van der Waals surface area contributed by atoms with Crippen LogP contribution in [0.25, 0.3) is 11.2 Å². The number of halogens is 2. The standard InChI is InChI=1S/C16H17BrClN7/c17-12-3-9(18)4-13(24-2-1-10(19)5-24)11(12)6-25-8-23-14-15(20)21-7-22-16(14)25/h3-4,7-8,10H,1-2,5-6,19H2,(H2,20,21,22)/t10-/m1/s1. The maximum atomic E-state index is 6.29. The molecule has 0 bridgehead atoms. The molecule has 1 atom stereocenters. The third-order valence-corrected chi connectivity index (χ3v) is 5.39. The van der Waals surface area contributed by atoms with Gasteiger partial charge in [0.2, 0.25) is 0 Å². The largest absolute Gasteiger partial charge is 0.382 e. The van der Waals surface area contributed by atoms with E-state index < -0.39 is 0 Å². The smallest absolute Gasteiger partial charge is 0.165 e. The van der Waals surface area contributed by atoms with Crippen molar-refractivity contribution >= 4 is 50.2 Å². The summed E-state index contributed by atoms with van der Waals surface area (Å²) in [6, 6.07) is 4.08. The molecule has 3 heterocycles. The average molecular weight is 423 g/mol. The van der Waals surface area contributed by atoms with Gasteiger partial charge in [-0.1, -0.05) is 27.5 Å². The number of nitrogens with zero attached hydrogens (tertiary/aromatic N) is 5. The van der Waals surface area contributed by atoms with Gasteiger partial charge >= 0.3 is 0 Å². The molecule has 0 aliphatic carbocycles. The maximum absolute atomic E-state index is 6.29. The lowest BCUT2D eigenvalue weighted by atomic mass is 10.1. The van der Waals surface area contributed by atoms with E-state index in [1.165, 1.54) is 6.33 Å². The Bertz CT molecular complexity index is 942. The van der Waals surface area contributed by atoms with Gasteiger partial charge in [0.1, 0.15) is 11.8 Å². The molecule has 0 amide bonds. The van der Waals surface area contributed by atoms with Crippen LogP contribution in [0, 0.1) is 0 Å². The molecule has 3 aromatic rings. The quantitative estimate of drug-likeness (QED) is 0.672. The number of benzene rings is 1. The number of nitrogens with two attached hydrogens (primary N) is 2. The molecule has 4 rings (SSSR count). The Morgan fingerprint density at radius 2 is 2.12 bits per heavy atom. The van der Waals surface area contributed by atoms with Crippen LogP contribution in [0.3, 0.4) is 0 Å². The van der Waals surface area contributed by atoms with Gasteiger partial charge in [-0.25, -0.2) is 15.0 Å². The lowest BCUT2D eigenvalue weighted by Gasteiger charge is -2.23. The van der Waals surface area contributed by atoms with E-state index in [-0.39, 0.29) is 6.04 Å². The maximum Gasteiger partial charge on any atom is 0.165 e. The van der Waals surface area contributed by atoms with E-state index in [1.807, 2.05) is 16.7 Å². The Labute approximate surface area is 158 Å². The van der Waals surface area contributed by atoms with Crippen molar-refractivity contribution in [3.8, 4) is 0 Å². The molecule has 1 aliphatic heterocycles. The molecule has 0 radical (unpaired) electrons. The van der Waals surface area contributed by atoms with Crippen LogP contribution in [0.15, 0.2) is 29.3 Å². The van der Waals surface area contributed by atoms with Gasteiger partial charge in [-0.3, -0.25) is 0 Å². The first kappa shape index (κ1) is 16.6. The van der Waals surface area contributed by atoms with Crippen LogP contribution in [0.5, 0.6) is 0 Å². The van der Waals surface area contributed by atoms with Crippen molar-refractivity contribution in [2.24, 2.45) is 5.73 Å². The molecule has 2 aromatic heterocycles. The molecule has 0 spiro atoms. The summed E-state index contributed by atoms with van der Waals surface area (Å²) in [6.45, 7) is 2.33. The zero-order valence-electron chi connectivity index (χ0n) is 13.4. The van der Waals surface area contributed by atoms with Crippen LogP contribution < -0.4 is 16.4 Å². The summed E-state index contributed by atoms with van der Waals surface area (Å²) < 4.78 is 2.90. The second kappa shape index (κ2) is 6.44. The first-order valence-electron chi connectivity index (χ1n) is 7.92. The van der Waals surface area contributed by atoms with Gasteiger partial charge in [0.15, 0.2) is 11.5 Å². The van der Waals surface area contributed by atoms with Crippen LogP contribution in [0.4, 0.5) is 11.5 Å². The van der Waals surface area contributed by atoms with Crippen LogP contribution in [0.2, 0.25) is 5.02 Å². The highest BCUT2D eigenvalue weighted by Gasteiger charge is 2.23. The molecule has 0 unspecified atom stereocenters. The Hall–Kier alpha value is -1.90. The van der Waals surface area contributed by atoms with Crippen molar-refractivity contribution in [2.45, 2.75) is 19.0 Å². The highest BCUT2D eigenvalue weighted by molar-refractivity contribution is 9.10. The molecule has 25 heavy (non-hydrogen) atoms. The number of fused-ring (bicyclic) bond motifs is 1. The van der Waals surface area contributed by atoms with Gasteiger partial charge in [0.25, 0.3) is 0 Å². The Morgan fingerprint density at radius 1 is 1.28 bits per heavy atom. The van der Waals surface area contributed by atoms with Crippen LogP contribution >= 0.6 is 27.5 Å². The van der Waals surface area contributed by atoms with Crippen molar-refractivity contribution < 1.29 is 0 Å². The van der Waals surface area contributed by atoms with E-state index in [0.717, 1.165) is 35.2 Å². The molecule has 1 fully saturated rings. The minimum absolute atomic E-state index is 0.187. The Morgan fingerprint density at radius 3 is 2.88 bits per heavy atom. The number of aromatic nitrogens is 4. The van der Waals surface area contributed by atoms with E-state index in [4.69, 9.17) is 23.1 Å². The van der Waals surface area contributed by atoms with Crippen molar-refractivity contribution in [1.29, 1.82) is 0 Å². The molecule has 1 saturated heterocycles. The van der Waals surface area contributed by atoms with Crippen molar-refractivity contribution in [3.63, 3.8) is 0 Å². The normalized spacial score (nSPS) is 17.6. The summed E-state index contributed by atoms with van der Waals surface area (Å²) in [4.78, 5) is 14.9. The van der Waals surface area contributed by atoms with E-state index in [9.17, 15) is 0 Å². The zero-order valence-corrected chi connectivity index (χ0v) is 15.7. The fraction of sp³-hybridized carbons (Fsp3) is 0.312. The lowest BCUT2D eigenvalue weighted by Crippen LogP contribution is -2.27. The molecule has 130 valence electrons. The average Bonchev–Trinajstić information content (AvgIpc) is 3.17. The fourth-order valence-electron chi connectivity index (χ4n) is 3.22. The first-order valence-corrected chi connectivity index (χ1v) is 9.10. The lowest BCUT2D eigenvalue weighted by molar-refractivity contribution is 0.751. The molecule has 4 N–H and O–H groups in total. The molecule has 1 aromatic carbocycles. The summed E-state index contributed by atoms with van der Waals surface area (Å²) in [5.41, 5.74) is 15.5. The highest BCUT2D eigenvalue weighted by Crippen LogP contribution is 2.34. The van der Waals surface area contributed by atoms with Gasteiger partial charge < -0.3 is 20.9 Å². The number of hydrogen-bond donors (Lipinski definition) is 2. The molecule has 9 heteroatoms. The van der Waals surface area contributed by atoms with Crippen LogP contribution in [-0.4, -0.2) is 38.7 Å². The highest BCUT2D eigenvalue weighted by atomic mass is 79.9. The van der Waals surface area contributed by atoms with E-state index in [1.54, 1.807) is 6.33 Å². The topological polar surface area (TPSA) is 98.9 Å². The van der Waals surface area contributed by atoms with Crippen LogP contribution in [0.1, 0.15) is 12.0 Å². The van der Waals surface area contributed by atoms with Gasteiger partial charge in [0.05, 0.1) is 12.9 Å². The SMILES string of the molecule is Nc1ncnc2c1ncn2Cc1c(Br)cc(Cl)cc1N1CC[C@@H](N)C1. The summed E-state index contributed by atoms with van der Waals surface area (Å²) in [5.74, 6) is 0.379. The van der Waals surface area contributed by atoms with Crippen LogP contribution in [-0.2, 0) is 6.54 Å². The number of anilines is 2. The third kappa shape index (κ3) is 3.05. The molecule has 7 nitrogen and oxygen atoms in total. The predicted molar refractivity (Wildman–Crippen MR) is 103 cm³/mol. The monoisotopic (exact) mass is 421 g/mol. The molecular formula is C16H17BrClN7. The molecule has 1 aliphatic rings. The summed E-state index contributed by atoms with van der Waals surface area (Å²) in [5, 5.41) is 0.688. The fourth-order valence-corrected chi connectivity index (χ4v) is 4.14. The number of imidazole rings is 1. The van der Waals surface area contributed by atoms with Crippen molar-refractivity contribution in [1.82, 2.24) is 19.5 Å². The second-order valence-electron chi connectivity index (χ2n) is 6.18. The zero-order chi connectivity index (χ0) is 17.6. The van der Waals surface area contributed by atoms with E-state index >= 15 is 0 Å². The minimum Gasteiger partial charge on any atom is -0.382 e. The third-order valence-electron chi connectivity index (χ3n) is 4.46. The summed E-state index contributed by atoms with van der Waals surface area (Å²) >= 11 is 9.94. The van der Waals surface area contributed by atoms with Crippen molar-refractivity contribution in [3.05, 3.63) is 39.8 Å². The second-order valence-corrected chi connectivity index (χ2v) is 7.47. The summed E-state index contributed by atoms with van der Waals surface area (Å²) in [7, 11) is 0. The predicted octanol–water partition coefficient (Wildman–Crippen LogP) is 2.41. The van der Waals surface area contributed by atoms with Crippen molar-refractivity contribution in [2.75, 3.05) is 23.7 Å². The number of rotatable bonds is 3. The minimum atomic E-state index is 0.187. The van der Waals surface area contributed by atoms with E-state index in [0.29, 0.717) is 28.5 Å². The van der Waals surface area contributed by atoms with E-state index in [2.05, 4.69) is 35.8 Å². The number of hydrogen-bond acceptors (Lipinski definition) is 6. The molecular weight excluding hydrogens is 406 g/mol. The van der Waals surface area contributed by atoms with Gasteiger partial charge in [-0.2, -0.15) is 0 Å². The van der Waals surface area contributed by atoms with Gasteiger partial charge in [0, 0.05) is 39.9 Å². The Balaban J connectivity index is 1.78. The summed E-state index contributed by atoms with van der Waals surface area (Å²) in [6.07, 6.45) is 4.16. The van der Waals surface area contributed by atoms with Gasteiger partial charge in [-0.05, 0) is 18.6 Å². The molecule has 0 saturated carbocycles. The number of nitrogen functional groups attached to an aromatic ring is 1. The Kier molecular flexibility index (Phi) is 4.26. The van der Waals surface area contributed by atoms with Gasteiger partial charge in [-0.15, -0.1) is 0 Å². The first-order chi connectivity index (χ1) is 12.0.